The lowest BCUT2D eigenvalue weighted by Gasteiger charge is -2.29. The SMILES string of the molecule is CC1=C(c2ccccc2)C(c2ccccc2C(F)(F)F)C([N+](=O)[O-])=C(C)N1. The maximum absolute atomic E-state index is 13.6. The lowest BCUT2D eigenvalue weighted by Crippen LogP contribution is -2.28. The number of alkyl halides is 3. The molecule has 3 rings (SSSR count). The number of nitrogens with one attached hydrogen (secondary N) is 1. The molecule has 1 atom stereocenters. The molecule has 2 aromatic rings. The van der Waals surface area contributed by atoms with Crippen LogP contribution in [0.15, 0.2) is 71.7 Å². The monoisotopic (exact) mass is 374 g/mol. The Bertz CT molecular complexity index is 947. The second kappa shape index (κ2) is 6.90. The van der Waals surface area contributed by atoms with Gasteiger partial charge in [0.2, 0.25) is 0 Å². The Morgan fingerprint density at radius 2 is 1.56 bits per heavy atom. The number of hydrogen-bond donors (Lipinski definition) is 1. The number of halogens is 3. The van der Waals surface area contributed by atoms with Gasteiger partial charge in [-0.25, -0.2) is 0 Å². The molecule has 27 heavy (non-hydrogen) atoms. The van der Waals surface area contributed by atoms with E-state index in [0.29, 0.717) is 16.8 Å². The molecular formula is C20H17F3N2O2. The van der Waals surface area contributed by atoms with Gasteiger partial charge in [-0.2, -0.15) is 13.2 Å². The molecule has 0 saturated heterocycles. The predicted octanol–water partition coefficient (Wildman–Crippen LogP) is 5.33. The van der Waals surface area contributed by atoms with Crippen molar-refractivity contribution in [3.63, 3.8) is 0 Å². The van der Waals surface area contributed by atoms with Crippen LogP contribution in [0.1, 0.15) is 36.5 Å². The quantitative estimate of drug-likeness (QED) is 0.583. The van der Waals surface area contributed by atoms with Crippen LogP contribution in [0, 0.1) is 10.1 Å². The zero-order valence-electron chi connectivity index (χ0n) is 14.7. The maximum atomic E-state index is 13.6. The third-order valence-electron chi connectivity index (χ3n) is 4.58. The first-order valence-corrected chi connectivity index (χ1v) is 8.26. The molecule has 7 heteroatoms. The molecule has 4 nitrogen and oxygen atoms in total. The van der Waals surface area contributed by atoms with Gasteiger partial charge in [-0.05, 0) is 36.6 Å². The van der Waals surface area contributed by atoms with Gasteiger partial charge in [0, 0.05) is 5.70 Å². The second-order valence-corrected chi connectivity index (χ2v) is 6.32. The van der Waals surface area contributed by atoms with E-state index in [9.17, 15) is 23.3 Å². The number of dihydropyridines is 1. The van der Waals surface area contributed by atoms with Crippen LogP contribution in [-0.2, 0) is 6.18 Å². The summed E-state index contributed by atoms with van der Waals surface area (Å²) >= 11 is 0. The van der Waals surface area contributed by atoms with Crippen molar-refractivity contribution in [2.75, 3.05) is 0 Å². The molecule has 1 N–H and O–H groups in total. The van der Waals surface area contributed by atoms with Crippen LogP contribution < -0.4 is 5.32 Å². The smallest absolute Gasteiger partial charge is 0.357 e. The summed E-state index contributed by atoms with van der Waals surface area (Å²) in [5.41, 5.74) is 0.642. The minimum atomic E-state index is -4.62. The van der Waals surface area contributed by atoms with Gasteiger partial charge in [-0.3, -0.25) is 10.1 Å². The average Bonchev–Trinajstić information content (AvgIpc) is 2.60. The molecular weight excluding hydrogens is 357 g/mol. The van der Waals surface area contributed by atoms with Crippen molar-refractivity contribution in [1.82, 2.24) is 5.32 Å². The lowest BCUT2D eigenvalue weighted by atomic mass is 9.79. The van der Waals surface area contributed by atoms with Crippen molar-refractivity contribution in [2.45, 2.75) is 25.9 Å². The Balaban J connectivity index is 2.33. The number of benzene rings is 2. The molecule has 1 aliphatic heterocycles. The van der Waals surface area contributed by atoms with Crippen LogP contribution in [-0.4, -0.2) is 4.92 Å². The largest absolute Gasteiger partial charge is 0.416 e. The molecule has 0 fully saturated rings. The summed E-state index contributed by atoms with van der Waals surface area (Å²) in [7, 11) is 0. The summed E-state index contributed by atoms with van der Waals surface area (Å²) in [4.78, 5) is 11.2. The van der Waals surface area contributed by atoms with Gasteiger partial charge in [0.05, 0.1) is 16.2 Å². The van der Waals surface area contributed by atoms with E-state index in [-0.39, 0.29) is 17.0 Å². The molecule has 1 aliphatic rings. The fourth-order valence-corrected chi connectivity index (χ4v) is 3.54. The number of allylic oxidation sites excluding steroid dienone is 3. The van der Waals surface area contributed by atoms with Crippen molar-refractivity contribution in [3.05, 3.63) is 98.5 Å². The van der Waals surface area contributed by atoms with Gasteiger partial charge in [-0.15, -0.1) is 0 Å². The number of rotatable bonds is 3. The first kappa shape index (κ1) is 18.7. The van der Waals surface area contributed by atoms with Crippen molar-refractivity contribution in [2.24, 2.45) is 0 Å². The van der Waals surface area contributed by atoms with Crippen LogP contribution in [0.2, 0.25) is 0 Å². The van der Waals surface area contributed by atoms with E-state index >= 15 is 0 Å². The minimum Gasteiger partial charge on any atom is -0.357 e. The van der Waals surface area contributed by atoms with E-state index in [2.05, 4.69) is 5.32 Å². The third-order valence-corrected chi connectivity index (χ3v) is 4.58. The van der Waals surface area contributed by atoms with Crippen LogP contribution in [0.25, 0.3) is 5.57 Å². The van der Waals surface area contributed by atoms with E-state index < -0.39 is 22.6 Å². The van der Waals surface area contributed by atoms with Gasteiger partial charge in [0.25, 0.3) is 5.70 Å². The average molecular weight is 374 g/mol. The summed E-state index contributed by atoms with van der Waals surface area (Å²) < 4.78 is 40.9. The molecule has 0 amide bonds. The van der Waals surface area contributed by atoms with E-state index in [1.54, 1.807) is 37.3 Å². The molecule has 1 unspecified atom stereocenters. The molecule has 0 saturated carbocycles. The predicted molar refractivity (Wildman–Crippen MR) is 96.1 cm³/mol. The topological polar surface area (TPSA) is 55.2 Å². The van der Waals surface area contributed by atoms with Crippen molar-refractivity contribution < 1.29 is 18.1 Å². The zero-order valence-corrected chi connectivity index (χ0v) is 14.7. The fourth-order valence-electron chi connectivity index (χ4n) is 3.54. The van der Waals surface area contributed by atoms with E-state index in [4.69, 9.17) is 0 Å². The van der Waals surface area contributed by atoms with Crippen LogP contribution in [0.3, 0.4) is 0 Å². The van der Waals surface area contributed by atoms with Crippen LogP contribution in [0.5, 0.6) is 0 Å². The van der Waals surface area contributed by atoms with Gasteiger partial charge >= 0.3 is 6.18 Å². The molecule has 0 radical (unpaired) electrons. The van der Waals surface area contributed by atoms with Crippen molar-refractivity contribution in [1.29, 1.82) is 0 Å². The highest BCUT2D eigenvalue weighted by Crippen LogP contribution is 2.47. The highest BCUT2D eigenvalue weighted by atomic mass is 19.4. The van der Waals surface area contributed by atoms with E-state index in [1.165, 1.54) is 25.1 Å². The summed E-state index contributed by atoms with van der Waals surface area (Å²) in [6, 6.07) is 13.8. The summed E-state index contributed by atoms with van der Waals surface area (Å²) in [6.07, 6.45) is -4.62. The molecule has 2 aromatic carbocycles. The van der Waals surface area contributed by atoms with Crippen LogP contribution >= 0.6 is 0 Å². The van der Waals surface area contributed by atoms with E-state index in [0.717, 1.165) is 6.07 Å². The minimum absolute atomic E-state index is 0.129. The molecule has 0 bridgehead atoms. The molecule has 0 aliphatic carbocycles. The van der Waals surface area contributed by atoms with Gasteiger partial charge in [0.1, 0.15) is 5.92 Å². The molecule has 0 spiro atoms. The van der Waals surface area contributed by atoms with Crippen LogP contribution in [0.4, 0.5) is 13.2 Å². The van der Waals surface area contributed by atoms with Crippen molar-refractivity contribution in [3.8, 4) is 0 Å². The lowest BCUT2D eigenvalue weighted by molar-refractivity contribution is -0.430. The number of hydrogen-bond acceptors (Lipinski definition) is 3. The zero-order chi connectivity index (χ0) is 19.8. The number of nitro groups is 1. The normalized spacial score (nSPS) is 17.7. The molecule has 1 heterocycles. The Morgan fingerprint density at radius 3 is 2.15 bits per heavy atom. The van der Waals surface area contributed by atoms with Gasteiger partial charge in [-0.1, -0.05) is 48.5 Å². The Morgan fingerprint density at radius 1 is 0.963 bits per heavy atom. The highest BCUT2D eigenvalue weighted by Gasteiger charge is 2.43. The highest BCUT2D eigenvalue weighted by molar-refractivity contribution is 5.78. The Kier molecular flexibility index (Phi) is 4.78. The third kappa shape index (κ3) is 3.45. The maximum Gasteiger partial charge on any atom is 0.416 e. The first-order chi connectivity index (χ1) is 12.7. The Labute approximate surface area is 154 Å². The van der Waals surface area contributed by atoms with Gasteiger partial charge in [0.15, 0.2) is 0 Å². The first-order valence-electron chi connectivity index (χ1n) is 8.26. The Hall–Kier alpha value is -3.09. The number of nitrogens with zero attached hydrogens (tertiary/aromatic N) is 1. The summed E-state index contributed by atoms with van der Waals surface area (Å²) in [5.74, 6) is -1.14. The molecule has 140 valence electrons. The standard InChI is InChI=1S/C20H17F3N2O2/c1-12-17(14-8-4-3-5-9-14)18(19(25(26)27)13(2)24-12)15-10-6-7-11-16(15)20(21,22)23/h3-11,18,24H,1-2H3. The fraction of sp³-hybridized carbons (Fsp3) is 0.200. The van der Waals surface area contributed by atoms with E-state index in [1.807, 2.05) is 0 Å². The second-order valence-electron chi connectivity index (χ2n) is 6.32. The summed E-state index contributed by atoms with van der Waals surface area (Å²) in [5, 5.41) is 14.8. The summed E-state index contributed by atoms with van der Waals surface area (Å²) in [6.45, 7) is 3.22. The van der Waals surface area contributed by atoms with Gasteiger partial charge < -0.3 is 5.32 Å². The van der Waals surface area contributed by atoms with Crippen molar-refractivity contribution >= 4 is 5.57 Å². The molecule has 0 aromatic heterocycles.